The van der Waals surface area contributed by atoms with Crippen molar-refractivity contribution in [1.82, 2.24) is 9.78 Å². The van der Waals surface area contributed by atoms with Gasteiger partial charge in [-0.05, 0) is 5.56 Å². The van der Waals surface area contributed by atoms with Crippen molar-refractivity contribution >= 4 is 17.6 Å². The highest BCUT2D eigenvalue weighted by Gasteiger charge is 2.23. The van der Waals surface area contributed by atoms with Gasteiger partial charge >= 0.3 is 11.9 Å². The molecule has 0 radical (unpaired) electrons. The summed E-state index contributed by atoms with van der Waals surface area (Å²) in [7, 11) is 4.36. The maximum atomic E-state index is 12.1. The van der Waals surface area contributed by atoms with Crippen molar-refractivity contribution in [3.05, 3.63) is 47.8 Å². The van der Waals surface area contributed by atoms with Gasteiger partial charge in [-0.3, -0.25) is 9.48 Å². The normalized spacial score (nSPS) is 10.3. The molecule has 0 N–H and O–H groups in total. The molecule has 1 heterocycles. The van der Waals surface area contributed by atoms with E-state index in [0.717, 1.165) is 5.56 Å². The summed E-state index contributed by atoms with van der Waals surface area (Å²) in [5.41, 5.74) is 2.03. The third-order valence-electron chi connectivity index (χ3n) is 3.67. The number of anilines is 1. The molecule has 7 heteroatoms. The molecule has 0 atom stereocenters. The van der Waals surface area contributed by atoms with E-state index in [2.05, 4.69) is 5.10 Å². The van der Waals surface area contributed by atoms with Gasteiger partial charge in [0.05, 0.1) is 32.5 Å². The average molecular weight is 331 g/mol. The van der Waals surface area contributed by atoms with E-state index in [9.17, 15) is 9.59 Å². The topological polar surface area (TPSA) is 73.7 Å². The van der Waals surface area contributed by atoms with Crippen molar-refractivity contribution in [2.45, 2.75) is 13.0 Å². The van der Waals surface area contributed by atoms with E-state index in [1.807, 2.05) is 35.2 Å². The van der Waals surface area contributed by atoms with Gasteiger partial charge in [0.15, 0.2) is 5.69 Å². The summed E-state index contributed by atoms with van der Waals surface area (Å²) in [4.78, 5) is 25.5. The first-order valence-electron chi connectivity index (χ1n) is 7.52. The molecule has 7 nitrogen and oxygen atoms in total. The van der Waals surface area contributed by atoms with E-state index in [0.29, 0.717) is 24.5 Å². The molecule has 0 fully saturated rings. The molecule has 0 aliphatic rings. The fourth-order valence-corrected chi connectivity index (χ4v) is 2.41. The summed E-state index contributed by atoms with van der Waals surface area (Å²) in [6.07, 6.45) is 1.81. The van der Waals surface area contributed by atoms with Gasteiger partial charge in [0.2, 0.25) is 0 Å². The molecule has 0 saturated heterocycles. The summed E-state index contributed by atoms with van der Waals surface area (Å²) in [5, 5.41) is 4.15. The lowest BCUT2D eigenvalue weighted by atomic mass is 10.2. The van der Waals surface area contributed by atoms with Gasteiger partial charge in [-0.1, -0.05) is 30.3 Å². The number of hydrogen-bond donors (Lipinski definition) is 0. The Bertz CT molecular complexity index is 697. The van der Waals surface area contributed by atoms with E-state index in [4.69, 9.17) is 9.47 Å². The number of ether oxygens (including phenoxy) is 2. The highest BCUT2D eigenvalue weighted by molar-refractivity contribution is 5.94. The number of hydrogen-bond acceptors (Lipinski definition) is 6. The summed E-state index contributed by atoms with van der Waals surface area (Å²) < 4.78 is 11.0. The van der Waals surface area contributed by atoms with Gasteiger partial charge < -0.3 is 14.4 Å². The maximum absolute atomic E-state index is 12.1. The van der Waals surface area contributed by atoms with E-state index in [1.54, 1.807) is 13.2 Å². The van der Waals surface area contributed by atoms with Gasteiger partial charge in [0.1, 0.15) is 0 Å². The van der Waals surface area contributed by atoms with Crippen molar-refractivity contribution in [2.75, 3.05) is 25.7 Å². The number of nitrogens with zero attached hydrogens (tertiary/aromatic N) is 3. The monoisotopic (exact) mass is 331 g/mol. The fraction of sp³-hybridized carbons (Fsp3) is 0.353. The predicted octanol–water partition coefficient (Wildman–Crippen LogP) is 1.78. The van der Waals surface area contributed by atoms with Crippen LogP contribution >= 0.6 is 0 Å². The Labute approximate surface area is 140 Å². The van der Waals surface area contributed by atoms with Gasteiger partial charge in [-0.2, -0.15) is 5.10 Å². The summed E-state index contributed by atoms with van der Waals surface area (Å²) in [6, 6.07) is 9.79. The Hall–Kier alpha value is -2.83. The number of aryl methyl sites for hydroxylation is 1. The Morgan fingerprint density at radius 3 is 2.50 bits per heavy atom. The Kier molecular flexibility index (Phi) is 5.95. The Morgan fingerprint density at radius 2 is 1.88 bits per heavy atom. The molecule has 1 aromatic carbocycles. The van der Waals surface area contributed by atoms with Crippen LogP contribution in [0.1, 0.15) is 22.5 Å². The van der Waals surface area contributed by atoms with Crippen LogP contribution in [0.25, 0.3) is 0 Å². The number of esters is 2. The SMILES string of the molecule is COC(=O)CCN(Cc1ccccc1)c1cnn(C)c1C(=O)OC. The van der Waals surface area contributed by atoms with E-state index in [1.165, 1.54) is 18.9 Å². The molecule has 0 bridgehead atoms. The van der Waals surface area contributed by atoms with Crippen molar-refractivity contribution < 1.29 is 19.1 Å². The van der Waals surface area contributed by atoms with Crippen molar-refractivity contribution in [3.63, 3.8) is 0 Å². The predicted molar refractivity (Wildman–Crippen MR) is 88.7 cm³/mol. The molecule has 128 valence electrons. The summed E-state index contributed by atoms with van der Waals surface area (Å²) in [5.74, 6) is -0.780. The van der Waals surface area contributed by atoms with Crippen LogP contribution < -0.4 is 4.90 Å². The first kappa shape index (κ1) is 17.5. The number of rotatable bonds is 7. The number of methoxy groups -OCH3 is 2. The first-order chi connectivity index (χ1) is 11.6. The lowest BCUT2D eigenvalue weighted by Gasteiger charge is -2.24. The Morgan fingerprint density at radius 1 is 1.17 bits per heavy atom. The number of carbonyl (C=O) groups is 2. The lowest BCUT2D eigenvalue weighted by molar-refractivity contribution is -0.140. The lowest BCUT2D eigenvalue weighted by Crippen LogP contribution is -2.28. The number of aromatic nitrogens is 2. The zero-order valence-electron chi connectivity index (χ0n) is 14.1. The maximum Gasteiger partial charge on any atom is 0.358 e. The van der Waals surface area contributed by atoms with Crippen molar-refractivity contribution in [1.29, 1.82) is 0 Å². The molecule has 0 aliphatic heterocycles. The zero-order valence-corrected chi connectivity index (χ0v) is 14.1. The second-order valence-corrected chi connectivity index (χ2v) is 5.23. The van der Waals surface area contributed by atoms with Crippen molar-refractivity contribution in [2.24, 2.45) is 7.05 Å². The molecule has 0 saturated carbocycles. The van der Waals surface area contributed by atoms with Crippen LogP contribution in [0.4, 0.5) is 5.69 Å². The van der Waals surface area contributed by atoms with Crippen LogP contribution in [0.15, 0.2) is 36.5 Å². The van der Waals surface area contributed by atoms with Crippen LogP contribution in [0, 0.1) is 0 Å². The minimum atomic E-state index is -0.471. The molecule has 24 heavy (non-hydrogen) atoms. The van der Waals surface area contributed by atoms with E-state index >= 15 is 0 Å². The number of benzene rings is 1. The van der Waals surface area contributed by atoms with E-state index in [-0.39, 0.29) is 12.4 Å². The van der Waals surface area contributed by atoms with Crippen LogP contribution in [0.3, 0.4) is 0 Å². The molecule has 1 aromatic heterocycles. The van der Waals surface area contributed by atoms with Gasteiger partial charge in [0, 0.05) is 20.1 Å². The average Bonchev–Trinajstić information content (AvgIpc) is 2.99. The molecular formula is C17H21N3O4. The second-order valence-electron chi connectivity index (χ2n) is 5.23. The highest BCUT2D eigenvalue weighted by Crippen LogP contribution is 2.23. The third-order valence-corrected chi connectivity index (χ3v) is 3.67. The number of carbonyl (C=O) groups excluding carboxylic acids is 2. The van der Waals surface area contributed by atoms with Crippen LogP contribution in [0.5, 0.6) is 0 Å². The smallest absolute Gasteiger partial charge is 0.358 e. The zero-order chi connectivity index (χ0) is 17.5. The second kappa shape index (κ2) is 8.14. The largest absolute Gasteiger partial charge is 0.469 e. The van der Waals surface area contributed by atoms with Crippen LogP contribution in [-0.4, -0.2) is 42.5 Å². The van der Waals surface area contributed by atoms with Crippen molar-refractivity contribution in [3.8, 4) is 0 Å². The van der Waals surface area contributed by atoms with E-state index < -0.39 is 5.97 Å². The standard InChI is InChI=1S/C17H21N3O4/c1-19-16(17(22)24-3)14(11-18-19)20(10-9-15(21)23-2)12-13-7-5-4-6-8-13/h4-8,11H,9-10,12H2,1-3H3. The molecule has 0 unspecified atom stereocenters. The fourth-order valence-electron chi connectivity index (χ4n) is 2.41. The first-order valence-corrected chi connectivity index (χ1v) is 7.52. The van der Waals surface area contributed by atoms with Gasteiger partial charge in [-0.25, -0.2) is 4.79 Å². The third kappa shape index (κ3) is 4.13. The van der Waals surface area contributed by atoms with Gasteiger partial charge in [0.25, 0.3) is 0 Å². The Balaban J connectivity index is 2.31. The summed E-state index contributed by atoms with van der Waals surface area (Å²) >= 11 is 0. The summed E-state index contributed by atoms with van der Waals surface area (Å²) in [6.45, 7) is 0.935. The molecular weight excluding hydrogens is 310 g/mol. The molecule has 0 aliphatic carbocycles. The van der Waals surface area contributed by atoms with Gasteiger partial charge in [-0.15, -0.1) is 0 Å². The molecule has 0 amide bonds. The molecule has 2 aromatic rings. The van der Waals surface area contributed by atoms with Crippen LogP contribution in [0.2, 0.25) is 0 Å². The quantitative estimate of drug-likeness (QED) is 0.720. The molecule has 0 spiro atoms. The highest BCUT2D eigenvalue weighted by atomic mass is 16.5. The molecule has 2 rings (SSSR count). The minimum absolute atomic E-state index is 0.207. The minimum Gasteiger partial charge on any atom is -0.469 e. The van der Waals surface area contributed by atoms with Crippen LogP contribution in [-0.2, 0) is 27.9 Å².